The lowest BCUT2D eigenvalue weighted by molar-refractivity contribution is -0.385. The molecule has 106 valence electrons. The molecule has 1 aromatic carbocycles. The van der Waals surface area contributed by atoms with Crippen molar-refractivity contribution in [2.45, 2.75) is 20.0 Å². The highest BCUT2D eigenvalue weighted by Crippen LogP contribution is 2.22. The van der Waals surface area contributed by atoms with E-state index in [1.165, 1.54) is 24.3 Å². The van der Waals surface area contributed by atoms with Crippen LogP contribution in [0.3, 0.4) is 0 Å². The van der Waals surface area contributed by atoms with Crippen molar-refractivity contribution in [3.05, 3.63) is 55.8 Å². The van der Waals surface area contributed by atoms with Crippen LogP contribution in [0.4, 0.5) is 5.69 Å². The van der Waals surface area contributed by atoms with Gasteiger partial charge in [0.25, 0.3) is 5.69 Å². The lowest BCUT2D eigenvalue weighted by Crippen LogP contribution is -2.13. The van der Waals surface area contributed by atoms with Crippen LogP contribution >= 0.6 is 11.3 Å². The van der Waals surface area contributed by atoms with Gasteiger partial charge in [0.15, 0.2) is 0 Å². The summed E-state index contributed by atoms with van der Waals surface area (Å²) < 4.78 is 5.09. The Morgan fingerprint density at radius 1 is 1.30 bits per heavy atom. The monoisotopic (exact) mass is 292 g/mol. The molecule has 0 atom stereocenters. The number of methoxy groups -OCH3 is 1. The summed E-state index contributed by atoms with van der Waals surface area (Å²) in [6, 6.07) is 4.79. The Balaban J connectivity index is 2.03. The molecule has 0 radical (unpaired) electrons. The van der Waals surface area contributed by atoms with E-state index in [2.05, 4.69) is 23.0 Å². The molecular formula is C14H16N2O3S. The lowest BCUT2D eigenvalue weighted by atomic mass is 10.1. The van der Waals surface area contributed by atoms with E-state index in [0.29, 0.717) is 12.3 Å². The Hall–Kier alpha value is -1.92. The number of hydrogen-bond acceptors (Lipinski definition) is 5. The van der Waals surface area contributed by atoms with Gasteiger partial charge in [0.1, 0.15) is 5.75 Å². The van der Waals surface area contributed by atoms with E-state index in [4.69, 9.17) is 4.74 Å². The van der Waals surface area contributed by atoms with Gasteiger partial charge in [-0.3, -0.25) is 10.1 Å². The quantitative estimate of drug-likeness (QED) is 0.655. The molecule has 0 aliphatic carbocycles. The molecule has 0 fully saturated rings. The van der Waals surface area contributed by atoms with Crippen molar-refractivity contribution in [1.29, 1.82) is 0 Å². The number of nitro benzene ring substituents is 1. The van der Waals surface area contributed by atoms with Crippen LogP contribution in [0.25, 0.3) is 0 Å². The number of thiophene rings is 1. The number of non-ortho nitro benzene ring substituents is 1. The Morgan fingerprint density at radius 2 is 2.10 bits per heavy atom. The molecule has 0 aliphatic heterocycles. The first-order valence-electron chi connectivity index (χ1n) is 6.15. The molecule has 0 aliphatic rings. The number of rotatable bonds is 6. The van der Waals surface area contributed by atoms with Crippen LogP contribution in [-0.4, -0.2) is 12.0 Å². The maximum atomic E-state index is 10.9. The molecule has 0 bridgehead atoms. The molecule has 5 nitrogen and oxygen atoms in total. The fraction of sp³-hybridized carbons (Fsp3) is 0.286. The van der Waals surface area contributed by atoms with Gasteiger partial charge in [-0.15, -0.1) is 0 Å². The number of hydrogen-bond donors (Lipinski definition) is 1. The zero-order valence-electron chi connectivity index (χ0n) is 11.4. The normalized spacial score (nSPS) is 10.5. The zero-order valence-corrected chi connectivity index (χ0v) is 12.2. The fourth-order valence-corrected chi connectivity index (χ4v) is 2.74. The average Bonchev–Trinajstić information content (AvgIpc) is 2.84. The van der Waals surface area contributed by atoms with Crippen molar-refractivity contribution in [3.63, 3.8) is 0 Å². The molecule has 0 amide bonds. The Kier molecular flexibility index (Phi) is 4.70. The lowest BCUT2D eigenvalue weighted by Gasteiger charge is -2.07. The van der Waals surface area contributed by atoms with Crippen molar-refractivity contribution in [1.82, 2.24) is 5.32 Å². The van der Waals surface area contributed by atoms with Gasteiger partial charge in [-0.25, -0.2) is 0 Å². The third-order valence-electron chi connectivity index (χ3n) is 3.00. The van der Waals surface area contributed by atoms with Crippen molar-refractivity contribution < 1.29 is 9.66 Å². The highest BCUT2D eigenvalue weighted by Gasteiger charge is 2.10. The number of ether oxygens (including phenoxy) is 1. The van der Waals surface area contributed by atoms with Crippen LogP contribution < -0.4 is 10.1 Å². The van der Waals surface area contributed by atoms with Gasteiger partial charge in [-0.1, -0.05) is 0 Å². The number of nitrogens with zero attached hydrogens (tertiary/aromatic N) is 1. The summed E-state index contributed by atoms with van der Waals surface area (Å²) in [7, 11) is 1.50. The molecule has 20 heavy (non-hydrogen) atoms. The fourth-order valence-electron chi connectivity index (χ4n) is 1.88. The number of benzene rings is 1. The second kappa shape index (κ2) is 6.49. The van der Waals surface area contributed by atoms with E-state index in [0.717, 1.165) is 12.1 Å². The molecule has 6 heteroatoms. The Bertz CT molecular complexity index is 610. The summed E-state index contributed by atoms with van der Waals surface area (Å²) in [6.45, 7) is 3.39. The van der Waals surface area contributed by atoms with Crippen molar-refractivity contribution in [2.24, 2.45) is 0 Å². The number of nitrogens with one attached hydrogen (secondary N) is 1. The maximum Gasteiger partial charge on any atom is 0.273 e. The van der Waals surface area contributed by atoms with Crippen LogP contribution in [0.2, 0.25) is 0 Å². The van der Waals surface area contributed by atoms with Crippen molar-refractivity contribution in [3.8, 4) is 5.75 Å². The second-order valence-electron chi connectivity index (χ2n) is 4.48. The van der Waals surface area contributed by atoms with Crippen LogP contribution in [0, 0.1) is 17.0 Å². The minimum absolute atomic E-state index is 0.0489. The van der Waals surface area contributed by atoms with E-state index < -0.39 is 4.92 Å². The van der Waals surface area contributed by atoms with Gasteiger partial charge in [0.2, 0.25) is 0 Å². The van der Waals surface area contributed by atoms with Crippen LogP contribution in [0.15, 0.2) is 29.0 Å². The first-order chi connectivity index (χ1) is 9.60. The van der Waals surface area contributed by atoms with E-state index in [1.807, 2.05) is 0 Å². The van der Waals surface area contributed by atoms with Gasteiger partial charge in [-0.05, 0) is 40.4 Å². The van der Waals surface area contributed by atoms with Crippen LogP contribution in [0.1, 0.15) is 16.7 Å². The molecule has 0 saturated heterocycles. The highest BCUT2D eigenvalue weighted by atomic mass is 32.1. The summed E-state index contributed by atoms with van der Waals surface area (Å²) in [6.07, 6.45) is 0. The molecule has 0 saturated carbocycles. The zero-order chi connectivity index (χ0) is 14.5. The third-order valence-corrected chi connectivity index (χ3v) is 3.91. The smallest absolute Gasteiger partial charge is 0.273 e. The number of nitro groups is 1. The molecule has 0 unspecified atom stereocenters. The SMILES string of the molecule is COc1cc(CNCc2cscc2C)cc([N+](=O)[O-])c1. The molecule has 1 aromatic heterocycles. The van der Waals surface area contributed by atoms with E-state index in [9.17, 15) is 10.1 Å². The Labute approximate surface area is 121 Å². The minimum atomic E-state index is -0.408. The summed E-state index contributed by atoms with van der Waals surface area (Å²) in [5, 5.41) is 18.4. The third kappa shape index (κ3) is 3.55. The van der Waals surface area contributed by atoms with Gasteiger partial charge in [0, 0.05) is 19.2 Å². The molecule has 1 heterocycles. The van der Waals surface area contributed by atoms with Crippen LogP contribution in [-0.2, 0) is 13.1 Å². The average molecular weight is 292 g/mol. The first-order valence-corrected chi connectivity index (χ1v) is 7.09. The van der Waals surface area contributed by atoms with Gasteiger partial charge in [0.05, 0.1) is 18.1 Å². The summed E-state index contributed by atoms with van der Waals surface area (Å²) in [5.41, 5.74) is 3.41. The minimum Gasteiger partial charge on any atom is -0.496 e. The molecule has 2 aromatic rings. The molecule has 0 spiro atoms. The molecule has 1 N–H and O–H groups in total. The largest absolute Gasteiger partial charge is 0.496 e. The van der Waals surface area contributed by atoms with E-state index in [-0.39, 0.29) is 5.69 Å². The predicted octanol–water partition coefficient (Wildman–Crippen LogP) is 3.26. The number of aryl methyl sites for hydroxylation is 1. The van der Waals surface area contributed by atoms with Crippen LogP contribution in [0.5, 0.6) is 5.75 Å². The van der Waals surface area contributed by atoms with Gasteiger partial charge >= 0.3 is 0 Å². The first kappa shape index (κ1) is 14.5. The van der Waals surface area contributed by atoms with Gasteiger partial charge < -0.3 is 10.1 Å². The summed E-state index contributed by atoms with van der Waals surface area (Å²) in [4.78, 5) is 10.4. The summed E-state index contributed by atoms with van der Waals surface area (Å²) in [5.74, 6) is 0.503. The standard InChI is InChI=1S/C14H16N2O3S/c1-10-8-20-9-12(10)7-15-6-11-3-13(16(17)18)5-14(4-11)19-2/h3-5,8-9,15H,6-7H2,1-2H3. The van der Waals surface area contributed by atoms with Crippen molar-refractivity contribution in [2.75, 3.05) is 7.11 Å². The second-order valence-corrected chi connectivity index (χ2v) is 5.22. The summed E-state index contributed by atoms with van der Waals surface area (Å²) >= 11 is 1.68. The predicted molar refractivity (Wildman–Crippen MR) is 79.2 cm³/mol. The molecular weight excluding hydrogens is 276 g/mol. The maximum absolute atomic E-state index is 10.9. The van der Waals surface area contributed by atoms with Crippen molar-refractivity contribution >= 4 is 17.0 Å². The topological polar surface area (TPSA) is 64.4 Å². The Morgan fingerprint density at radius 3 is 2.70 bits per heavy atom. The molecule has 2 rings (SSSR count). The van der Waals surface area contributed by atoms with Gasteiger partial charge in [-0.2, -0.15) is 11.3 Å². The van der Waals surface area contributed by atoms with E-state index in [1.54, 1.807) is 23.5 Å². The van der Waals surface area contributed by atoms with E-state index >= 15 is 0 Å². The highest BCUT2D eigenvalue weighted by molar-refractivity contribution is 7.08.